The highest BCUT2D eigenvalue weighted by Gasteiger charge is 2.15. The van der Waals surface area contributed by atoms with Crippen molar-refractivity contribution >= 4 is 5.91 Å². The first-order valence-electron chi connectivity index (χ1n) is 9.04. The van der Waals surface area contributed by atoms with E-state index >= 15 is 0 Å². The van der Waals surface area contributed by atoms with Crippen molar-refractivity contribution in [1.82, 2.24) is 10.2 Å². The maximum atomic E-state index is 12.3. The van der Waals surface area contributed by atoms with Crippen LogP contribution in [0.5, 0.6) is 11.5 Å². The Balaban J connectivity index is 1.46. The lowest BCUT2D eigenvalue weighted by atomic mass is 9.96. The van der Waals surface area contributed by atoms with Gasteiger partial charge in [-0.25, -0.2) is 0 Å². The lowest BCUT2D eigenvalue weighted by Crippen LogP contribution is -2.36. The number of ether oxygens (including phenoxy) is 2. The second-order valence-corrected chi connectivity index (χ2v) is 6.68. The van der Waals surface area contributed by atoms with Crippen LogP contribution >= 0.6 is 0 Å². The van der Waals surface area contributed by atoms with Crippen LogP contribution in [0.25, 0.3) is 0 Å². The minimum atomic E-state index is 0.0441. The third-order valence-corrected chi connectivity index (χ3v) is 4.61. The molecule has 5 nitrogen and oxygen atoms in total. The second kappa shape index (κ2) is 8.72. The molecule has 1 aliphatic heterocycles. The van der Waals surface area contributed by atoms with E-state index in [4.69, 9.17) is 9.47 Å². The van der Waals surface area contributed by atoms with Gasteiger partial charge in [-0.3, -0.25) is 9.69 Å². The quantitative estimate of drug-likeness (QED) is 0.791. The van der Waals surface area contributed by atoms with Crippen LogP contribution in [0.15, 0.2) is 48.5 Å². The van der Waals surface area contributed by atoms with Crippen molar-refractivity contribution in [3.63, 3.8) is 0 Å². The number of nitrogens with zero attached hydrogens (tertiary/aromatic N) is 1. The molecule has 2 aromatic carbocycles. The molecule has 1 heterocycles. The molecule has 0 saturated heterocycles. The van der Waals surface area contributed by atoms with Gasteiger partial charge in [0.25, 0.3) is 0 Å². The fourth-order valence-corrected chi connectivity index (χ4v) is 3.17. The molecule has 0 spiro atoms. The molecule has 0 saturated carbocycles. The smallest absolute Gasteiger partial charge is 0.234 e. The summed E-state index contributed by atoms with van der Waals surface area (Å²) in [5, 5.41) is 3.07. The Labute approximate surface area is 154 Å². The predicted octanol–water partition coefficient (Wildman–Crippen LogP) is 3.16. The summed E-state index contributed by atoms with van der Waals surface area (Å²) in [6.45, 7) is 4.13. The van der Waals surface area contributed by atoms with Crippen LogP contribution in [0.3, 0.4) is 0 Å². The van der Waals surface area contributed by atoms with Gasteiger partial charge in [-0.05, 0) is 36.7 Å². The standard InChI is InChI=1S/C21H26N2O3/c1-3-17(18-7-5-4-6-8-18)12-22-21(24)14-23(2)13-16-9-10-19-20(11-16)26-15-25-19/h4-11,17H,3,12-15H2,1-2H3,(H,22,24). The zero-order chi connectivity index (χ0) is 18.4. The molecule has 1 atom stereocenters. The van der Waals surface area contributed by atoms with E-state index in [0.717, 1.165) is 23.5 Å². The van der Waals surface area contributed by atoms with Gasteiger partial charge in [-0.1, -0.05) is 43.3 Å². The SMILES string of the molecule is CCC(CNC(=O)CN(C)Cc1ccc2c(c1)OCO2)c1ccccc1. The largest absolute Gasteiger partial charge is 0.454 e. The number of likely N-dealkylation sites (N-methyl/N-ethyl adjacent to an activating group) is 1. The average molecular weight is 354 g/mol. The van der Waals surface area contributed by atoms with Gasteiger partial charge in [-0.15, -0.1) is 0 Å². The van der Waals surface area contributed by atoms with Crippen molar-refractivity contribution in [2.75, 3.05) is 26.9 Å². The molecule has 0 aliphatic carbocycles. The minimum Gasteiger partial charge on any atom is -0.454 e. The van der Waals surface area contributed by atoms with Crippen molar-refractivity contribution in [3.8, 4) is 11.5 Å². The van der Waals surface area contributed by atoms with E-state index in [1.807, 2.05) is 48.3 Å². The Hall–Kier alpha value is -2.53. The van der Waals surface area contributed by atoms with E-state index in [1.54, 1.807) is 0 Å². The molecular weight excluding hydrogens is 328 g/mol. The van der Waals surface area contributed by atoms with Gasteiger partial charge in [-0.2, -0.15) is 0 Å². The van der Waals surface area contributed by atoms with Crippen molar-refractivity contribution in [2.45, 2.75) is 25.8 Å². The van der Waals surface area contributed by atoms with Crippen molar-refractivity contribution in [3.05, 3.63) is 59.7 Å². The zero-order valence-corrected chi connectivity index (χ0v) is 15.4. The van der Waals surface area contributed by atoms with Gasteiger partial charge in [0.1, 0.15) is 0 Å². The predicted molar refractivity (Wildman–Crippen MR) is 101 cm³/mol. The lowest BCUT2D eigenvalue weighted by Gasteiger charge is -2.19. The highest BCUT2D eigenvalue weighted by Crippen LogP contribution is 2.32. The van der Waals surface area contributed by atoms with Gasteiger partial charge >= 0.3 is 0 Å². The van der Waals surface area contributed by atoms with E-state index in [-0.39, 0.29) is 12.7 Å². The average Bonchev–Trinajstić information content (AvgIpc) is 3.11. The van der Waals surface area contributed by atoms with Crippen LogP contribution in [-0.2, 0) is 11.3 Å². The summed E-state index contributed by atoms with van der Waals surface area (Å²) in [5.74, 6) is 1.94. The molecule has 138 valence electrons. The second-order valence-electron chi connectivity index (χ2n) is 6.68. The van der Waals surface area contributed by atoms with Gasteiger partial charge in [0, 0.05) is 19.0 Å². The van der Waals surface area contributed by atoms with Crippen LogP contribution in [0.4, 0.5) is 0 Å². The molecule has 5 heteroatoms. The summed E-state index contributed by atoms with van der Waals surface area (Å²) in [7, 11) is 1.94. The van der Waals surface area contributed by atoms with E-state index in [1.165, 1.54) is 5.56 Å². The van der Waals surface area contributed by atoms with Crippen molar-refractivity contribution in [2.24, 2.45) is 0 Å². The Bertz CT molecular complexity index is 733. The van der Waals surface area contributed by atoms with Crippen LogP contribution in [0.1, 0.15) is 30.4 Å². The highest BCUT2D eigenvalue weighted by molar-refractivity contribution is 5.78. The van der Waals surface area contributed by atoms with Crippen LogP contribution in [0, 0.1) is 0 Å². The Morgan fingerprint density at radius 1 is 1.15 bits per heavy atom. The maximum absolute atomic E-state index is 12.3. The number of carbonyl (C=O) groups excluding carboxylic acids is 1. The van der Waals surface area contributed by atoms with Crippen LogP contribution < -0.4 is 14.8 Å². The molecule has 1 amide bonds. The molecule has 0 bridgehead atoms. The molecule has 1 aliphatic rings. The third kappa shape index (κ3) is 4.76. The molecule has 26 heavy (non-hydrogen) atoms. The molecular formula is C21H26N2O3. The molecule has 0 fully saturated rings. The third-order valence-electron chi connectivity index (χ3n) is 4.61. The fourth-order valence-electron chi connectivity index (χ4n) is 3.17. The van der Waals surface area contributed by atoms with Crippen LogP contribution in [-0.4, -0.2) is 37.7 Å². The monoisotopic (exact) mass is 354 g/mol. The van der Waals surface area contributed by atoms with E-state index in [9.17, 15) is 4.79 Å². The molecule has 0 aromatic heterocycles. The number of amides is 1. The number of fused-ring (bicyclic) bond motifs is 1. The first-order valence-corrected chi connectivity index (χ1v) is 9.04. The van der Waals surface area contributed by atoms with Crippen LogP contribution in [0.2, 0.25) is 0 Å². The van der Waals surface area contributed by atoms with Crippen molar-refractivity contribution in [1.29, 1.82) is 0 Å². The van der Waals surface area contributed by atoms with Gasteiger partial charge in [0.2, 0.25) is 12.7 Å². The normalized spacial score (nSPS) is 13.7. The molecule has 0 radical (unpaired) electrons. The van der Waals surface area contributed by atoms with Gasteiger partial charge in [0.05, 0.1) is 6.54 Å². The number of hydrogen-bond acceptors (Lipinski definition) is 4. The molecule has 2 aromatic rings. The summed E-state index contributed by atoms with van der Waals surface area (Å²) >= 11 is 0. The first-order chi connectivity index (χ1) is 12.7. The Morgan fingerprint density at radius 3 is 2.69 bits per heavy atom. The summed E-state index contributed by atoms with van der Waals surface area (Å²) in [5.41, 5.74) is 2.37. The summed E-state index contributed by atoms with van der Waals surface area (Å²) < 4.78 is 10.7. The summed E-state index contributed by atoms with van der Waals surface area (Å²) in [6.07, 6.45) is 0.997. The Morgan fingerprint density at radius 2 is 1.92 bits per heavy atom. The van der Waals surface area contributed by atoms with E-state index in [2.05, 4.69) is 24.4 Å². The molecule has 1 N–H and O–H groups in total. The minimum absolute atomic E-state index is 0.0441. The number of rotatable bonds is 8. The van der Waals surface area contributed by atoms with Gasteiger partial charge < -0.3 is 14.8 Å². The lowest BCUT2D eigenvalue weighted by molar-refractivity contribution is -0.122. The van der Waals surface area contributed by atoms with E-state index in [0.29, 0.717) is 25.6 Å². The van der Waals surface area contributed by atoms with Crippen molar-refractivity contribution < 1.29 is 14.3 Å². The summed E-state index contributed by atoms with van der Waals surface area (Å²) in [4.78, 5) is 14.3. The molecule has 3 rings (SSSR count). The topological polar surface area (TPSA) is 50.8 Å². The van der Waals surface area contributed by atoms with Gasteiger partial charge in [0.15, 0.2) is 11.5 Å². The number of hydrogen-bond donors (Lipinski definition) is 1. The fraction of sp³-hybridized carbons (Fsp3) is 0.381. The number of carbonyl (C=O) groups is 1. The molecule has 1 unspecified atom stereocenters. The first kappa shape index (κ1) is 18.3. The Kier molecular flexibility index (Phi) is 6.12. The highest BCUT2D eigenvalue weighted by atomic mass is 16.7. The van der Waals surface area contributed by atoms with E-state index < -0.39 is 0 Å². The number of benzene rings is 2. The zero-order valence-electron chi connectivity index (χ0n) is 15.4. The maximum Gasteiger partial charge on any atom is 0.234 e. The summed E-state index contributed by atoms with van der Waals surface area (Å²) in [6, 6.07) is 16.2. The number of nitrogens with one attached hydrogen (secondary N) is 1.